The summed E-state index contributed by atoms with van der Waals surface area (Å²) in [5.74, 6) is 1.06. The molecule has 1 aromatic heterocycles. The highest BCUT2D eigenvalue weighted by molar-refractivity contribution is 9.10. The predicted octanol–water partition coefficient (Wildman–Crippen LogP) is 2.96. The van der Waals surface area contributed by atoms with Gasteiger partial charge in [-0.25, -0.2) is 4.68 Å². The SMILES string of the molecule is CC1[C@H]2C[C@@H](C[C@H]1Nc1cnn(CCC(=O)O)c(=O)c1Br)C2(C)C. The molecule has 1 unspecified atom stereocenters. The van der Waals surface area contributed by atoms with Gasteiger partial charge < -0.3 is 10.4 Å². The number of aryl methyl sites for hydroxylation is 1. The van der Waals surface area contributed by atoms with Gasteiger partial charge in [-0.05, 0) is 51.9 Å². The third-order valence-electron chi connectivity index (χ3n) is 6.22. The Morgan fingerprint density at radius 2 is 2.21 bits per heavy atom. The lowest BCUT2D eigenvalue weighted by Crippen LogP contribution is -2.58. The normalized spacial score (nSPS) is 30.5. The molecule has 0 radical (unpaired) electrons. The fraction of sp³-hybridized carbons (Fsp3) is 0.706. The Kier molecular flexibility index (Phi) is 4.49. The van der Waals surface area contributed by atoms with Gasteiger partial charge in [-0.1, -0.05) is 20.8 Å². The van der Waals surface area contributed by atoms with Crippen LogP contribution in [0.4, 0.5) is 5.69 Å². The van der Waals surface area contributed by atoms with Gasteiger partial charge in [0.05, 0.1) is 24.8 Å². The van der Waals surface area contributed by atoms with E-state index in [9.17, 15) is 9.59 Å². The molecule has 24 heavy (non-hydrogen) atoms. The van der Waals surface area contributed by atoms with Crippen LogP contribution in [0.15, 0.2) is 15.5 Å². The lowest BCUT2D eigenvalue weighted by molar-refractivity contribution is -0.137. The van der Waals surface area contributed by atoms with Crippen LogP contribution in [-0.4, -0.2) is 26.9 Å². The molecule has 3 aliphatic rings. The molecule has 0 saturated heterocycles. The monoisotopic (exact) mass is 397 g/mol. The Bertz CT molecular complexity index is 716. The van der Waals surface area contributed by atoms with Crippen molar-refractivity contribution in [1.82, 2.24) is 9.78 Å². The number of hydrogen-bond acceptors (Lipinski definition) is 4. The minimum Gasteiger partial charge on any atom is -0.481 e. The smallest absolute Gasteiger partial charge is 0.305 e. The quantitative estimate of drug-likeness (QED) is 0.797. The fourth-order valence-electron chi connectivity index (χ4n) is 4.47. The van der Waals surface area contributed by atoms with Gasteiger partial charge in [0.2, 0.25) is 0 Å². The second kappa shape index (κ2) is 6.17. The zero-order valence-corrected chi connectivity index (χ0v) is 15.8. The van der Waals surface area contributed by atoms with Crippen molar-refractivity contribution in [3.05, 3.63) is 21.0 Å². The number of fused-ring (bicyclic) bond motifs is 2. The van der Waals surface area contributed by atoms with E-state index < -0.39 is 5.97 Å². The van der Waals surface area contributed by atoms with Crippen molar-refractivity contribution in [2.75, 3.05) is 5.32 Å². The van der Waals surface area contributed by atoms with Crippen LogP contribution in [0.1, 0.15) is 40.0 Å². The summed E-state index contributed by atoms with van der Waals surface area (Å²) in [5.41, 5.74) is 0.825. The van der Waals surface area contributed by atoms with Crippen LogP contribution in [-0.2, 0) is 11.3 Å². The van der Waals surface area contributed by atoms with Gasteiger partial charge in [-0.15, -0.1) is 0 Å². The van der Waals surface area contributed by atoms with Crippen LogP contribution in [0.3, 0.4) is 0 Å². The molecular weight excluding hydrogens is 374 g/mol. The molecule has 132 valence electrons. The Balaban J connectivity index is 1.74. The summed E-state index contributed by atoms with van der Waals surface area (Å²) in [4.78, 5) is 23.0. The van der Waals surface area contributed by atoms with E-state index in [1.807, 2.05) is 0 Å². The maximum Gasteiger partial charge on any atom is 0.305 e. The summed E-state index contributed by atoms with van der Waals surface area (Å²) in [7, 11) is 0. The van der Waals surface area contributed by atoms with Gasteiger partial charge in [-0.3, -0.25) is 9.59 Å². The van der Waals surface area contributed by atoms with Crippen LogP contribution < -0.4 is 10.9 Å². The zero-order chi connectivity index (χ0) is 17.6. The molecule has 0 spiro atoms. The van der Waals surface area contributed by atoms with E-state index in [0.717, 1.165) is 18.3 Å². The molecule has 7 heteroatoms. The third kappa shape index (κ3) is 2.87. The summed E-state index contributed by atoms with van der Waals surface area (Å²) in [6, 6.07) is 0.342. The van der Waals surface area contributed by atoms with Crippen molar-refractivity contribution in [3.8, 4) is 0 Å². The average Bonchev–Trinajstić information content (AvgIpc) is 2.52. The Morgan fingerprint density at radius 3 is 2.79 bits per heavy atom. The number of rotatable bonds is 5. The van der Waals surface area contributed by atoms with Crippen molar-refractivity contribution >= 4 is 27.6 Å². The van der Waals surface area contributed by atoms with Crippen LogP contribution in [0.25, 0.3) is 0 Å². The van der Waals surface area contributed by atoms with Gasteiger partial charge in [0, 0.05) is 6.04 Å². The van der Waals surface area contributed by atoms with Crippen molar-refractivity contribution in [3.63, 3.8) is 0 Å². The van der Waals surface area contributed by atoms with Crippen LogP contribution >= 0.6 is 15.9 Å². The summed E-state index contributed by atoms with van der Waals surface area (Å²) < 4.78 is 1.61. The van der Waals surface area contributed by atoms with Crippen molar-refractivity contribution in [1.29, 1.82) is 0 Å². The molecule has 6 nitrogen and oxygen atoms in total. The number of aliphatic carboxylic acids is 1. The molecule has 3 fully saturated rings. The van der Waals surface area contributed by atoms with Gasteiger partial charge in [0.15, 0.2) is 0 Å². The summed E-state index contributed by atoms with van der Waals surface area (Å²) in [6.07, 6.45) is 3.91. The van der Waals surface area contributed by atoms with E-state index in [2.05, 4.69) is 47.1 Å². The lowest BCUT2D eigenvalue weighted by atomic mass is 9.45. The molecule has 2 bridgehead atoms. The number of hydrogen-bond donors (Lipinski definition) is 2. The van der Waals surface area contributed by atoms with E-state index in [-0.39, 0.29) is 18.5 Å². The lowest BCUT2D eigenvalue weighted by Gasteiger charge is -2.62. The first-order valence-corrected chi connectivity index (χ1v) is 9.25. The number of nitrogens with zero attached hydrogens (tertiary/aromatic N) is 2. The topological polar surface area (TPSA) is 84.2 Å². The molecular formula is C17H24BrN3O3. The number of carboxylic acid groups (broad SMARTS) is 1. The van der Waals surface area contributed by atoms with Crippen LogP contribution in [0.2, 0.25) is 0 Å². The largest absolute Gasteiger partial charge is 0.481 e. The Labute approximate surface area is 149 Å². The van der Waals surface area contributed by atoms with E-state index in [4.69, 9.17) is 5.11 Å². The maximum absolute atomic E-state index is 12.3. The Hall–Kier alpha value is -1.37. The number of aromatic nitrogens is 2. The van der Waals surface area contributed by atoms with Crippen LogP contribution in [0, 0.1) is 23.2 Å². The number of carbonyl (C=O) groups is 1. The minimum atomic E-state index is -0.945. The zero-order valence-electron chi connectivity index (χ0n) is 14.3. The van der Waals surface area contributed by atoms with E-state index in [0.29, 0.717) is 27.5 Å². The van der Waals surface area contributed by atoms with Gasteiger partial charge in [0.1, 0.15) is 4.47 Å². The molecule has 1 heterocycles. The minimum absolute atomic E-state index is 0.0746. The molecule has 0 aromatic carbocycles. The van der Waals surface area contributed by atoms with Gasteiger partial charge >= 0.3 is 5.97 Å². The van der Waals surface area contributed by atoms with Crippen molar-refractivity contribution < 1.29 is 9.90 Å². The predicted molar refractivity (Wildman–Crippen MR) is 95.0 cm³/mol. The van der Waals surface area contributed by atoms with Crippen molar-refractivity contribution in [2.45, 2.75) is 52.6 Å². The first-order valence-electron chi connectivity index (χ1n) is 8.45. The maximum atomic E-state index is 12.3. The summed E-state index contributed by atoms with van der Waals surface area (Å²) >= 11 is 3.35. The number of carboxylic acids is 1. The second-order valence-electron chi connectivity index (χ2n) is 7.75. The van der Waals surface area contributed by atoms with Crippen LogP contribution in [0.5, 0.6) is 0 Å². The summed E-state index contributed by atoms with van der Waals surface area (Å²) in [5, 5.41) is 16.3. The number of anilines is 1. The van der Waals surface area contributed by atoms with E-state index >= 15 is 0 Å². The number of nitrogens with one attached hydrogen (secondary N) is 1. The molecule has 0 amide bonds. The molecule has 4 rings (SSSR count). The highest BCUT2D eigenvalue weighted by Gasteiger charge is 2.56. The standard InChI is InChI=1S/C17H24BrN3O3/c1-9-11-6-10(17(11,2)3)7-12(9)20-13-8-19-21(5-4-14(22)23)16(24)15(13)18/h8-12,20H,4-7H2,1-3H3,(H,22,23)/t9?,10-,11+,12+/m0/s1. The Morgan fingerprint density at radius 1 is 1.50 bits per heavy atom. The first kappa shape index (κ1) is 17.5. The first-order chi connectivity index (χ1) is 11.2. The molecule has 4 atom stereocenters. The fourth-order valence-corrected chi connectivity index (χ4v) is 4.89. The molecule has 3 aliphatic carbocycles. The highest BCUT2D eigenvalue weighted by atomic mass is 79.9. The van der Waals surface area contributed by atoms with Gasteiger partial charge in [-0.2, -0.15) is 5.10 Å². The van der Waals surface area contributed by atoms with Gasteiger partial charge in [0.25, 0.3) is 5.56 Å². The molecule has 3 saturated carbocycles. The molecule has 2 N–H and O–H groups in total. The third-order valence-corrected chi connectivity index (χ3v) is 6.98. The molecule has 1 aromatic rings. The van der Waals surface area contributed by atoms with E-state index in [1.165, 1.54) is 11.1 Å². The number of halogens is 1. The second-order valence-corrected chi connectivity index (χ2v) is 8.54. The van der Waals surface area contributed by atoms with Crippen molar-refractivity contribution in [2.24, 2.45) is 23.2 Å². The summed E-state index contributed by atoms with van der Waals surface area (Å²) in [6.45, 7) is 7.08. The van der Waals surface area contributed by atoms with E-state index in [1.54, 1.807) is 6.20 Å². The average molecular weight is 398 g/mol. The molecule has 0 aliphatic heterocycles. The highest BCUT2D eigenvalue weighted by Crippen LogP contribution is 2.61.